The number of aliphatic hydroxyl groups is 1. The molecule has 3 aromatic rings. The van der Waals surface area contributed by atoms with Crippen molar-refractivity contribution in [2.24, 2.45) is 0 Å². The van der Waals surface area contributed by atoms with Crippen molar-refractivity contribution in [1.82, 2.24) is 20.3 Å². The Bertz CT molecular complexity index is 1520. The minimum Gasteiger partial charge on any atom is -0.488 e. The van der Waals surface area contributed by atoms with E-state index in [-0.39, 0.29) is 36.1 Å². The van der Waals surface area contributed by atoms with E-state index in [0.717, 1.165) is 12.5 Å². The van der Waals surface area contributed by atoms with Gasteiger partial charge in [0.05, 0.1) is 31.7 Å². The molecule has 0 aliphatic heterocycles. The number of aromatic amines is 1. The molecule has 0 bridgehead atoms. The van der Waals surface area contributed by atoms with Crippen molar-refractivity contribution in [1.29, 1.82) is 0 Å². The van der Waals surface area contributed by atoms with E-state index in [1.54, 1.807) is 37.4 Å². The standard InChI is InChI=1S/C32H48N4O8SSi/c1-20(2)46(21(3)4,22(5)6)42-19-25(37)15-35-32(38)29-11-10-28(36-29)24-12-26(43-23(7)18-41-8)14-27(13-24)44-30-16-34-31(17-33-30)45(9,39)40/h10-14,16-17,20-23,25,36-37H,15,18-19H2,1-9H3,(H,35,38)/t23-,25-/m0/s1. The highest BCUT2D eigenvalue weighted by molar-refractivity contribution is 7.90. The van der Waals surface area contributed by atoms with Gasteiger partial charge >= 0.3 is 0 Å². The fraction of sp³-hybridized carbons (Fsp3) is 0.531. The molecule has 46 heavy (non-hydrogen) atoms. The van der Waals surface area contributed by atoms with Gasteiger partial charge in [0.15, 0.2) is 23.2 Å². The van der Waals surface area contributed by atoms with Crippen molar-refractivity contribution < 1.29 is 37.0 Å². The van der Waals surface area contributed by atoms with Crippen molar-refractivity contribution in [2.45, 2.75) is 82.3 Å². The van der Waals surface area contributed by atoms with E-state index in [4.69, 9.17) is 18.6 Å². The number of rotatable bonds is 17. The molecule has 0 spiro atoms. The van der Waals surface area contributed by atoms with Gasteiger partial charge in [-0.3, -0.25) is 4.79 Å². The van der Waals surface area contributed by atoms with Crippen molar-refractivity contribution in [3.63, 3.8) is 0 Å². The van der Waals surface area contributed by atoms with Gasteiger partial charge in [-0.15, -0.1) is 0 Å². The monoisotopic (exact) mass is 676 g/mol. The third kappa shape index (κ3) is 9.61. The smallest absolute Gasteiger partial charge is 0.267 e. The summed E-state index contributed by atoms with van der Waals surface area (Å²) in [6.45, 7) is 15.5. The summed E-state index contributed by atoms with van der Waals surface area (Å²) in [4.78, 5) is 24.1. The number of nitrogens with zero attached hydrogens (tertiary/aromatic N) is 2. The first-order valence-corrected chi connectivity index (χ1v) is 19.4. The zero-order chi connectivity index (χ0) is 34.2. The minimum absolute atomic E-state index is 0.0454. The zero-order valence-electron chi connectivity index (χ0n) is 28.2. The van der Waals surface area contributed by atoms with Crippen LogP contribution in [0.4, 0.5) is 0 Å². The average Bonchev–Trinajstić information content (AvgIpc) is 3.46. The quantitative estimate of drug-likeness (QED) is 0.159. The number of amides is 1. The average molecular weight is 677 g/mol. The van der Waals surface area contributed by atoms with Gasteiger partial charge in [0.25, 0.3) is 5.91 Å². The van der Waals surface area contributed by atoms with Gasteiger partial charge in [-0.2, -0.15) is 0 Å². The molecule has 12 nitrogen and oxygen atoms in total. The van der Waals surface area contributed by atoms with Crippen LogP contribution < -0.4 is 14.8 Å². The van der Waals surface area contributed by atoms with Crippen LogP contribution in [-0.2, 0) is 19.0 Å². The van der Waals surface area contributed by atoms with Gasteiger partial charge in [-0.05, 0) is 47.8 Å². The number of aliphatic hydroxyl groups excluding tert-OH is 1. The Labute approximate surface area is 273 Å². The van der Waals surface area contributed by atoms with Crippen LogP contribution in [-0.4, -0.2) is 88.0 Å². The lowest BCUT2D eigenvalue weighted by molar-refractivity contribution is 0.0809. The predicted octanol–water partition coefficient (Wildman–Crippen LogP) is 5.36. The molecule has 0 unspecified atom stereocenters. The molecule has 14 heteroatoms. The van der Waals surface area contributed by atoms with Gasteiger partial charge in [0, 0.05) is 37.2 Å². The normalized spacial score (nSPS) is 13.7. The van der Waals surface area contributed by atoms with Crippen molar-refractivity contribution in [3.8, 4) is 28.6 Å². The van der Waals surface area contributed by atoms with Gasteiger partial charge in [0.2, 0.25) is 5.88 Å². The summed E-state index contributed by atoms with van der Waals surface area (Å²) in [5.41, 5.74) is 2.74. The summed E-state index contributed by atoms with van der Waals surface area (Å²) in [5, 5.41) is 13.3. The number of hydrogen-bond acceptors (Lipinski definition) is 10. The van der Waals surface area contributed by atoms with Crippen molar-refractivity contribution in [2.75, 3.05) is 33.1 Å². The second kappa shape index (κ2) is 16.0. The molecule has 2 heterocycles. The fourth-order valence-electron chi connectivity index (χ4n) is 5.83. The second-order valence-electron chi connectivity index (χ2n) is 12.4. The third-order valence-electron chi connectivity index (χ3n) is 7.80. The van der Waals surface area contributed by atoms with E-state index in [1.165, 1.54) is 6.20 Å². The van der Waals surface area contributed by atoms with Crippen LogP contribution in [0.3, 0.4) is 0 Å². The second-order valence-corrected chi connectivity index (χ2v) is 19.8. The fourth-order valence-corrected chi connectivity index (χ4v) is 11.8. The topological polar surface area (TPSA) is 162 Å². The summed E-state index contributed by atoms with van der Waals surface area (Å²) < 4.78 is 47.0. The highest BCUT2D eigenvalue weighted by Crippen LogP contribution is 2.42. The Kier molecular flexibility index (Phi) is 12.9. The molecule has 1 aromatic carbocycles. The number of benzene rings is 1. The molecule has 0 aliphatic carbocycles. The number of carbonyl (C=O) groups excluding carboxylic acids is 1. The first kappa shape index (κ1) is 37.2. The van der Waals surface area contributed by atoms with Crippen LogP contribution in [0, 0.1) is 0 Å². The van der Waals surface area contributed by atoms with Crippen LogP contribution in [0.1, 0.15) is 59.0 Å². The van der Waals surface area contributed by atoms with Gasteiger partial charge in [-0.1, -0.05) is 41.5 Å². The van der Waals surface area contributed by atoms with Gasteiger partial charge in [-0.25, -0.2) is 18.4 Å². The molecule has 3 rings (SSSR count). The van der Waals surface area contributed by atoms with E-state index in [2.05, 4.69) is 61.8 Å². The summed E-state index contributed by atoms with van der Waals surface area (Å²) >= 11 is 0. The Hall–Kier alpha value is -3.30. The molecule has 1 amide bonds. The Morgan fingerprint density at radius 1 is 0.957 bits per heavy atom. The molecule has 2 aromatic heterocycles. The molecular formula is C32H48N4O8SSi. The summed E-state index contributed by atoms with van der Waals surface area (Å²) in [7, 11) is -4.07. The summed E-state index contributed by atoms with van der Waals surface area (Å²) in [6.07, 6.45) is 2.29. The number of methoxy groups -OCH3 is 1. The molecular weight excluding hydrogens is 629 g/mol. The Balaban J connectivity index is 1.75. The van der Waals surface area contributed by atoms with Crippen molar-refractivity contribution >= 4 is 24.1 Å². The number of ether oxygens (including phenoxy) is 3. The van der Waals surface area contributed by atoms with E-state index >= 15 is 0 Å². The van der Waals surface area contributed by atoms with E-state index in [1.807, 2.05) is 6.92 Å². The molecule has 3 N–H and O–H groups in total. The lowest BCUT2D eigenvalue weighted by Gasteiger charge is -2.42. The molecule has 2 atom stereocenters. The molecule has 0 saturated heterocycles. The molecule has 0 saturated carbocycles. The lowest BCUT2D eigenvalue weighted by atomic mass is 10.1. The number of aromatic nitrogens is 3. The van der Waals surface area contributed by atoms with Crippen LogP contribution >= 0.6 is 0 Å². The first-order chi connectivity index (χ1) is 21.6. The lowest BCUT2D eigenvalue weighted by Crippen LogP contribution is -2.50. The molecule has 0 aliphatic rings. The maximum atomic E-state index is 13.0. The number of H-pyrrole nitrogens is 1. The van der Waals surface area contributed by atoms with Gasteiger partial charge in [0.1, 0.15) is 23.3 Å². The predicted molar refractivity (Wildman–Crippen MR) is 179 cm³/mol. The van der Waals surface area contributed by atoms with Crippen molar-refractivity contribution in [3.05, 3.63) is 48.4 Å². The highest BCUT2D eigenvalue weighted by atomic mass is 32.2. The van der Waals surface area contributed by atoms with Crippen LogP contribution in [0.2, 0.25) is 16.6 Å². The third-order valence-corrected chi connectivity index (χ3v) is 14.8. The zero-order valence-corrected chi connectivity index (χ0v) is 30.0. The largest absolute Gasteiger partial charge is 0.488 e. The maximum Gasteiger partial charge on any atom is 0.267 e. The summed E-state index contributed by atoms with van der Waals surface area (Å²) in [5.74, 6) is 0.546. The first-order valence-electron chi connectivity index (χ1n) is 15.4. The molecule has 254 valence electrons. The van der Waals surface area contributed by atoms with Gasteiger partial charge < -0.3 is 34.0 Å². The van der Waals surface area contributed by atoms with Crippen LogP contribution in [0.5, 0.6) is 17.4 Å². The summed E-state index contributed by atoms with van der Waals surface area (Å²) in [6, 6.07) is 8.59. The Morgan fingerprint density at radius 3 is 2.17 bits per heavy atom. The maximum absolute atomic E-state index is 13.0. The Morgan fingerprint density at radius 2 is 1.61 bits per heavy atom. The highest BCUT2D eigenvalue weighted by Gasteiger charge is 2.45. The van der Waals surface area contributed by atoms with Crippen LogP contribution in [0.15, 0.2) is 47.8 Å². The number of hydrogen-bond donors (Lipinski definition) is 3. The van der Waals surface area contributed by atoms with E-state index in [9.17, 15) is 18.3 Å². The number of sulfone groups is 1. The minimum atomic E-state index is -3.51. The number of nitrogens with one attached hydrogen (secondary N) is 2. The SMILES string of the molecule is COC[C@H](C)Oc1cc(Oc2cnc(S(C)(=O)=O)cn2)cc(-c2ccc(C(=O)NC[C@H](O)CO[Si](C(C)C)(C(C)C)C(C)C)[nH]2)c1. The van der Waals surface area contributed by atoms with Crippen LogP contribution in [0.25, 0.3) is 11.3 Å². The van der Waals surface area contributed by atoms with E-state index in [0.29, 0.717) is 51.7 Å². The molecule has 0 radical (unpaired) electrons. The van der Waals surface area contributed by atoms with E-state index < -0.39 is 24.3 Å². The molecule has 0 fully saturated rings. The number of carbonyl (C=O) groups is 1.